The Bertz CT molecular complexity index is 1060. The van der Waals surface area contributed by atoms with Gasteiger partial charge in [0.15, 0.2) is 0 Å². The first-order chi connectivity index (χ1) is 11.4. The van der Waals surface area contributed by atoms with E-state index in [4.69, 9.17) is 28.9 Å². The number of aryl methyl sites for hydroxylation is 1. The summed E-state index contributed by atoms with van der Waals surface area (Å²) < 4.78 is 1.28. The molecule has 1 aromatic carbocycles. The first-order valence-corrected chi connectivity index (χ1v) is 8.58. The van der Waals surface area contributed by atoms with E-state index in [9.17, 15) is 9.59 Å². The predicted molar refractivity (Wildman–Crippen MR) is 97.5 cm³/mol. The standard InChI is InChI=1S/C16H11ClN2O3S2/c17-8-1-3-11-13(5-8)24-16(19-15(11)22)12-7-10(23)6-9(18-12)2-4-14(20)21/h1,3,5-7H,2,4H2,(H,18,23)(H,20,21). The molecular weight excluding hydrogens is 368 g/mol. The van der Waals surface area contributed by atoms with Gasteiger partial charge in [-0.2, -0.15) is 4.98 Å². The number of aliphatic carboxylic acids is 1. The zero-order valence-electron chi connectivity index (χ0n) is 12.2. The molecule has 24 heavy (non-hydrogen) atoms. The molecule has 0 fully saturated rings. The zero-order valence-corrected chi connectivity index (χ0v) is 14.6. The molecule has 3 aromatic rings. The number of fused-ring (bicyclic) bond motifs is 1. The second-order valence-electron chi connectivity index (χ2n) is 5.11. The van der Waals surface area contributed by atoms with Gasteiger partial charge in [0.1, 0.15) is 5.01 Å². The second kappa shape index (κ2) is 6.80. The van der Waals surface area contributed by atoms with Gasteiger partial charge in [0.2, 0.25) is 0 Å². The first kappa shape index (κ1) is 16.8. The van der Waals surface area contributed by atoms with Crippen molar-refractivity contribution in [2.75, 3.05) is 0 Å². The van der Waals surface area contributed by atoms with E-state index < -0.39 is 5.97 Å². The van der Waals surface area contributed by atoms with Crippen LogP contribution in [0.15, 0.2) is 35.1 Å². The summed E-state index contributed by atoms with van der Waals surface area (Å²) in [6.07, 6.45) is 0.312. The van der Waals surface area contributed by atoms with Gasteiger partial charge >= 0.3 is 5.97 Å². The number of nitrogens with zero attached hydrogens (tertiary/aromatic N) is 1. The van der Waals surface area contributed by atoms with Crippen LogP contribution in [0, 0.1) is 4.51 Å². The molecule has 0 radical (unpaired) electrons. The highest BCUT2D eigenvalue weighted by Crippen LogP contribution is 2.27. The highest BCUT2D eigenvalue weighted by Gasteiger charge is 2.09. The fourth-order valence-electron chi connectivity index (χ4n) is 2.24. The van der Waals surface area contributed by atoms with Crippen molar-refractivity contribution in [1.82, 2.24) is 9.97 Å². The molecule has 2 aromatic heterocycles. The smallest absolute Gasteiger partial charge is 0.303 e. The molecule has 0 saturated heterocycles. The van der Waals surface area contributed by atoms with Crippen LogP contribution in [0.4, 0.5) is 0 Å². The highest BCUT2D eigenvalue weighted by molar-refractivity contribution is 7.71. The topological polar surface area (TPSA) is 83.0 Å². The molecule has 0 bridgehead atoms. The van der Waals surface area contributed by atoms with E-state index in [-0.39, 0.29) is 12.0 Å². The van der Waals surface area contributed by atoms with Gasteiger partial charge < -0.3 is 10.1 Å². The van der Waals surface area contributed by atoms with Crippen molar-refractivity contribution in [2.45, 2.75) is 12.8 Å². The van der Waals surface area contributed by atoms with E-state index in [1.807, 2.05) is 0 Å². The van der Waals surface area contributed by atoms with E-state index in [0.29, 0.717) is 37.7 Å². The van der Waals surface area contributed by atoms with Gasteiger partial charge in [-0.15, -0.1) is 11.3 Å². The molecule has 0 amide bonds. The van der Waals surface area contributed by atoms with Crippen LogP contribution in [-0.2, 0) is 11.2 Å². The van der Waals surface area contributed by atoms with Crippen LogP contribution < -0.4 is 5.56 Å². The molecule has 0 aliphatic carbocycles. The van der Waals surface area contributed by atoms with Crippen LogP contribution in [0.5, 0.6) is 0 Å². The lowest BCUT2D eigenvalue weighted by atomic mass is 10.2. The number of halogens is 1. The summed E-state index contributed by atoms with van der Waals surface area (Å²) in [5, 5.41) is 10.3. The first-order valence-electron chi connectivity index (χ1n) is 6.98. The van der Waals surface area contributed by atoms with E-state index in [1.165, 1.54) is 11.3 Å². The number of H-pyrrole nitrogens is 1. The number of carbonyl (C=O) groups is 1. The number of pyridine rings is 1. The molecule has 5 nitrogen and oxygen atoms in total. The summed E-state index contributed by atoms with van der Waals surface area (Å²) in [5.41, 5.74) is 0.935. The number of aromatic nitrogens is 2. The molecule has 0 saturated carbocycles. The van der Waals surface area contributed by atoms with Crippen molar-refractivity contribution in [2.24, 2.45) is 0 Å². The van der Waals surface area contributed by atoms with Crippen LogP contribution in [0.1, 0.15) is 12.1 Å². The van der Waals surface area contributed by atoms with Gasteiger partial charge in [-0.25, -0.2) is 0 Å². The monoisotopic (exact) mass is 378 g/mol. The molecule has 0 spiro atoms. The van der Waals surface area contributed by atoms with E-state index >= 15 is 0 Å². The lowest BCUT2D eigenvalue weighted by Gasteiger charge is -2.06. The predicted octanol–water partition coefficient (Wildman–Crippen LogP) is 4.05. The van der Waals surface area contributed by atoms with Crippen molar-refractivity contribution < 1.29 is 9.90 Å². The van der Waals surface area contributed by atoms with Crippen molar-refractivity contribution in [3.05, 3.63) is 55.9 Å². The molecule has 122 valence electrons. The van der Waals surface area contributed by atoms with Crippen molar-refractivity contribution in [3.8, 4) is 10.7 Å². The van der Waals surface area contributed by atoms with Gasteiger partial charge in [0.25, 0.3) is 5.56 Å². The molecule has 0 atom stereocenters. The molecule has 0 aliphatic rings. The van der Waals surface area contributed by atoms with E-state index in [2.05, 4.69) is 9.97 Å². The quantitative estimate of drug-likeness (QED) is 0.669. The highest BCUT2D eigenvalue weighted by atomic mass is 35.5. The maximum absolute atomic E-state index is 12.2. The summed E-state index contributed by atoms with van der Waals surface area (Å²) in [5.74, 6) is -0.886. The van der Waals surface area contributed by atoms with Gasteiger partial charge in [-0.3, -0.25) is 9.59 Å². The fraction of sp³-hybridized carbons (Fsp3) is 0.125. The second-order valence-corrected chi connectivity index (χ2v) is 7.05. The number of rotatable bonds is 4. The number of carboxylic acid groups (broad SMARTS) is 1. The summed E-state index contributed by atoms with van der Waals surface area (Å²) >= 11 is 12.5. The zero-order chi connectivity index (χ0) is 17.3. The molecule has 2 N–H and O–H groups in total. The van der Waals surface area contributed by atoms with Crippen LogP contribution in [0.25, 0.3) is 20.8 Å². The minimum absolute atomic E-state index is 0.00822. The Morgan fingerprint density at radius 1 is 1.33 bits per heavy atom. The minimum Gasteiger partial charge on any atom is -0.481 e. The van der Waals surface area contributed by atoms with Crippen LogP contribution in [0.2, 0.25) is 5.02 Å². The lowest BCUT2D eigenvalue weighted by Crippen LogP contribution is -2.07. The molecule has 8 heteroatoms. The maximum Gasteiger partial charge on any atom is 0.303 e. The largest absolute Gasteiger partial charge is 0.481 e. The summed E-state index contributed by atoms with van der Waals surface area (Å²) in [6.45, 7) is 0. The van der Waals surface area contributed by atoms with Crippen LogP contribution >= 0.6 is 35.2 Å². The average Bonchev–Trinajstić information content (AvgIpc) is 2.52. The molecule has 0 unspecified atom stereocenters. The Balaban J connectivity index is 2.11. The fourth-order valence-corrected chi connectivity index (χ4v) is 3.75. The SMILES string of the molecule is O=C(O)CCc1cc(=S)cc(-c2nc(=O)c3ccc(Cl)cc3s2)[nH]1. The third-order valence-electron chi connectivity index (χ3n) is 3.32. The maximum atomic E-state index is 12.2. The molecule has 0 aliphatic heterocycles. The van der Waals surface area contributed by atoms with Crippen molar-refractivity contribution >= 4 is 51.2 Å². The lowest BCUT2D eigenvalue weighted by molar-refractivity contribution is -0.136. The number of nitrogens with one attached hydrogen (secondary N) is 1. The summed E-state index contributed by atoms with van der Waals surface area (Å²) in [4.78, 5) is 30.1. The van der Waals surface area contributed by atoms with E-state index in [0.717, 1.165) is 4.70 Å². The normalized spacial score (nSPS) is 10.9. The molecule has 2 heterocycles. The molecular formula is C16H11ClN2O3S2. The Hall–Kier alpha value is -2.09. The van der Waals surface area contributed by atoms with E-state index in [1.54, 1.807) is 30.3 Å². The molecule has 3 rings (SSSR count). The van der Waals surface area contributed by atoms with Crippen molar-refractivity contribution in [3.63, 3.8) is 0 Å². The third-order valence-corrected chi connectivity index (χ3v) is 4.85. The van der Waals surface area contributed by atoms with Gasteiger partial charge in [-0.1, -0.05) is 23.8 Å². The number of benzene rings is 1. The van der Waals surface area contributed by atoms with Crippen molar-refractivity contribution in [1.29, 1.82) is 0 Å². The minimum atomic E-state index is -0.886. The Kier molecular flexibility index (Phi) is 4.75. The number of aromatic amines is 1. The Labute approximate surface area is 150 Å². The number of carboxylic acids is 1. The number of hydrogen-bond donors (Lipinski definition) is 2. The van der Waals surface area contributed by atoms with Crippen LogP contribution in [0.3, 0.4) is 0 Å². The summed E-state index contributed by atoms with van der Waals surface area (Å²) in [6, 6.07) is 8.44. The Morgan fingerprint density at radius 2 is 2.12 bits per heavy atom. The van der Waals surface area contributed by atoms with Gasteiger partial charge in [0.05, 0.1) is 17.5 Å². The van der Waals surface area contributed by atoms with Crippen LogP contribution in [-0.4, -0.2) is 21.0 Å². The average molecular weight is 379 g/mol. The third kappa shape index (κ3) is 3.69. The van der Waals surface area contributed by atoms with Gasteiger partial charge in [-0.05, 0) is 36.8 Å². The summed E-state index contributed by atoms with van der Waals surface area (Å²) in [7, 11) is 0. The Morgan fingerprint density at radius 3 is 2.88 bits per heavy atom. The number of hydrogen-bond acceptors (Lipinski definition) is 5. The van der Waals surface area contributed by atoms with Gasteiger partial charge in [0, 0.05) is 19.9 Å².